The lowest BCUT2D eigenvalue weighted by molar-refractivity contribution is -0.140. The first-order valence-corrected chi connectivity index (χ1v) is 12.7. The first kappa shape index (κ1) is 27.2. The van der Waals surface area contributed by atoms with Crippen molar-refractivity contribution in [2.75, 3.05) is 20.3 Å². The van der Waals surface area contributed by atoms with E-state index in [1.165, 1.54) is 11.3 Å². The smallest absolute Gasteiger partial charge is 0.243 e. The molecule has 0 spiro atoms. The SMILES string of the molecule is CO.N=C(N)c1csc(CNC(=O)C2CC3CC3N2C(=O)CNC(=O)CCCOc2ccccc2)c1. The third-order valence-corrected chi connectivity index (χ3v) is 7.03. The summed E-state index contributed by atoms with van der Waals surface area (Å²) in [5.41, 5.74) is 6.12. The van der Waals surface area contributed by atoms with Crippen LogP contribution in [-0.4, -0.2) is 65.9 Å². The maximum Gasteiger partial charge on any atom is 0.243 e. The number of carbonyl (C=O) groups is 3. The summed E-state index contributed by atoms with van der Waals surface area (Å²) in [7, 11) is 1.00. The maximum atomic E-state index is 12.8. The lowest BCUT2D eigenvalue weighted by Gasteiger charge is -2.27. The number of nitrogens with one attached hydrogen (secondary N) is 3. The van der Waals surface area contributed by atoms with Gasteiger partial charge in [0.15, 0.2) is 0 Å². The Labute approximate surface area is 214 Å². The van der Waals surface area contributed by atoms with Crippen LogP contribution in [0.2, 0.25) is 0 Å². The number of piperidine rings is 1. The number of hydrogen-bond acceptors (Lipinski definition) is 7. The van der Waals surface area contributed by atoms with E-state index in [4.69, 9.17) is 21.0 Å². The summed E-state index contributed by atoms with van der Waals surface area (Å²) in [5, 5.41) is 21.8. The number of para-hydroxylation sites is 1. The van der Waals surface area contributed by atoms with Crippen molar-refractivity contribution in [2.24, 2.45) is 11.7 Å². The molecule has 10 nitrogen and oxygen atoms in total. The lowest BCUT2D eigenvalue weighted by atomic mass is 10.1. The Balaban J connectivity index is 0.00000176. The molecule has 2 heterocycles. The lowest BCUT2D eigenvalue weighted by Crippen LogP contribution is -2.50. The number of likely N-dealkylation sites (tertiary alicyclic amines) is 1. The average Bonchev–Trinajstić information content (AvgIpc) is 3.30. The number of carbonyl (C=O) groups excluding carboxylic acids is 3. The Morgan fingerprint density at radius 3 is 2.64 bits per heavy atom. The van der Waals surface area contributed by atoms with Crippen LogP contribution in [0, 0.1) is 11.3 Å². The number of nitrogens with zero attached hydrogens (tertiary/aromatic N) is 1. The molecule has 3 amide bonds. The molecule has 1 saturated heterocycles. The van der Waals surface area contributed by atoms with Gasteiger partial charge < -0.3 is 31.1 Å². The van der Waals surface area contributed by atoms with Crippen LogP contribution >= 0.6 is 11.3 Å². The Bertz CT molecular complexity index is 1060. The van der Waals surface area contributed by atoms with E-state index in [0.29, 0.717) is 37.5 Å². The van der Waals surface area contributed by atoms with Gasteiger partial charge in [-0.25, -0.2) is 0 Å². The van der Waals surface area contributed by atoms with Crippen molar-refractivity contribution in [3.8, 4) is 5.75 Å². The number of nitrogen functional groups attached to an aromatic ring is 1. The topological polar surface area (TPSA) is 158 Å². The van der Waals surface area contributed by atoms with Crippen LogP contribution in [0.15, 0.2) is 41.8 Å². The number of nitrogens with two attached hydrogens (primary N) is 1. The number of aliphatic hydroxyl groups is 1. The molecule has 1 aromatic carbocycles. The van der Waals surface area contributed by atoms with Crippen molar-refractivity contribution in [2.45, 2.75) is 44.3 Å². The van der Waals surface area contributed by atoms with Gasteiger partial charge in [-0.3, -0.25) is 19.8 Å². The number of hydrogen-bond donors (Lipinski definition) is 5. The molecule has 0 bridgehead atoms. The van der Waals surface area contributed by atoms with Crippen LogP contribution in [0.5, 0.6) is 5.75 Å². The third kappa shape index (κ3) is 7.28. The van der Waals surface area contributed by atoms with E-state index in [1.807, 2.05) is 30.3 Å². The minimum absolute atomic E-state index is 0.00718. The van der Waals surface area contributed by atoms with E-state index in [0.717, 1.165) is 24.2 Å². The molecule has 11 heteroatoms. The number of thiophene rings is 1. The molecule has 3 atom stereocenters. The zero-order chi connectivity index (χ0) is 26.1. The fraction of sp³-hybridized carbons (Fsp3) is 0.440. The van der Waals surface area contributed by atoms with Crippen LogP contribution in [-0.2, 0) is 20.9 Å². The molecule has 2 aliphatic rings. The Hall–Kier alpha value is -3.44. The number of ether oxygens (including phenoxy) is 1. The van der Waals surface area contributed by atoms with Gasteiger partial charge in [-0.05, 0) is 43.4 Å². The van der Waals surface area contributed by atoms with Crippen molar-refractivity contribution in [3.63, 3.8) is 0 Å². The van der Waals surface area contributed by atoms with Gasteiger partial charge in [-0.15, -0.1) is 11.3 Å². The van der Waals surface area contributed by atoms with E-state index < -0.39 is 6.04 Å². The second-order valence-corrected chi connectivity index (χ2v) is 9.59. The highest BCUT2D eigenvalue weighted by molar-refractivity contribution is 7.10. The molecule has 36 heavy (non-hydrogen) atoms. The molecule has 1 saturated carbocycles. The summed E-state index contributed by atoms with van der Waals surface area (Å²) in [6, 6.07) is 10.7. The number of benzene rings is 1. The van der Waals surface area contributed by atoms with E-state index in [1.54, 1.807) is 16.3 Å². The standard InChI is InChI=1S/C24H29N5O4S.CH4O/c25-23(26)16-9-18(34-14-16)12-28-24(32)20-11-15-10-19(15)29(20)22(31)13-27-21(30)7-4-8-33-17-5-2-1-3-6-17;1-2/h1-3,5-6,9,14-15,19-20H,4,7-8,10-13H2,(H3,25,26)(H,27,30)(H,28,32);2H,1H3. The number of amidine groups is 1. The van der Waals surface area contributed by atoms with E-state index in [9.17, 15) is 14.4 Å². The summed E-state index contributed by atoms with van der Waals surface area (Å²) in [5.74, 6) is 0.478. The van der Waals surface area contributed by atoms with Gasteiger partial charge in [0.25, 0.3) is 0 Å². The number of amides is 3. The summed E-state index contributed by atoms with van der Waals surface area (Å²) < 4.78 is 5.58. The highest BCUT2D eigenvalue weighted by atomic mass is 32.1. The van der Waals surface area contributed by atoms with Gasteiger partial charge in [0.2, 0.25) is 17.7 Å². The van der Waals surface area contributed by atoms with Gasteiger partial charge in [-0.1, -0.05) is 18.2 Å². The number of fused-ring (bicyclic) bond motifs is 1. The minimum Gasteiger partial charge on any atom is -0.494 e. The highest BCUT2D eigenvalue weighted by Crippen LogP contribution is 2.47. The largest absolute Gasteiger partial charge is 0.494 e. The summed E-state index contributed by atoms with van der Waals surface area (Å²) in [6.45, 7) is 0.631. The molecule has 6 N–H and O–H groups in total. The molecule has 3 unspecified atom stereocenters. The van der Waals surface area contributed by atoms with Gasteiger partial charge in [0, 0.05) is 35.4 Å². The molecule has 2 fully saturated rings. The van der Waals surface area contributed by atoms with Gasteiger partial charge >= 0.3 is 0 Å². The molecule has 0 radical (unpaired) electrons. The van der Waals surface area contributed by atoms with Crippen molar-refractivity contribution < 1.29 is 24.2 Å². The fourth-order valence-corrected chi connectivity index (χ4v) is 5.07. The minimum atomic E-state index is -0.514. The van der Waals surface area contributed by atoms with Crippen molar-refractivity contribution in [1.29, 1.82) is 5.41 Å². The Morgan fingerprint density at radius 2 is 1.94 bits per heavy atom. The predicted octanol–water partition coefficient (Wildman–Crippen LogP) is 1.22. The number of rotatable bonds is 11. The fourth-order valence-electron chi connectivity index (χ4n) is 4.25. The molecular weight excluding hydrogens is 482 g/mol. The zero-order valence-corrected chi connectivity index (χ0v) is 21.1. The summed E-state index contributed by atoms with van der Waals surface area (Å²) >= 11 is 1.42. The van der Waals surface area contributed by atoms with Crippen LogP contribution in [0.3, 0.4) is 0 Å². The summed E-state index contributed by atoms with van der Waals surface area (Å²) in [6.07, 6.45) is 2.37. The normalized spacial score (nSPS) is 19.4. The quantitative estimate of drug-likeness (QED) is 0.172. The van der Waals surface area contributed by atoms with Crippen LogP contribution < -0.4 is 21.1 Å². The highest BCUT2D eigenvalue weighted by Gasteiger charge is 2.55. The molecule has 194 valence electrons. The van der Waals surface area contributed by atoms with Crippen LogP contribution in [0.1, 0.15) is 36.1 Å². The van der Waals surface area contributed by atoms with E-state index in [2.05, 4.69) is 10.6 Å². The predicted molar refractivity (Wildman–Crippen MR) is 137 cm³/mol. The van der Waals surface area contributed by atoms with E-state index in [-0.39, 0.29) is 42.6 Å². The van der Waals surface area contributed by atoms with E-state index >= 15 is 0 Å². The molecule has 1 aromatic heterocycles. The molecule has 2 aromatic rings. The van der Waals surface area contributed by atoms with Crippen molar-refractivity contribution in [3.05, 3.63) is 52.2 Å². The zero-order valence-electron chi connectivity index (χ0n) is 20.2. The third-order valence-electron chi connectivity index (χ3n) is 6.09. The van der Waals surface area contributed by atoms with Crippen molar-refractivity contribution in [1.82, 2.24) is 15.5 Å². The van der Waals surface area contributed by atoms with Gasteiger partial charge in [0.05, 0.1) is 19.7 Å². The molecular formula is C25H33N5O5S. The molecule has 4 rings (SSSR count). The second kappa shape index (κ2) is 13.0. The van der Waals surface area contributed by atoms with Crippen molar-refractivity contribution >= 4 is 34.9 Å². The Kier molecular flexibility index (Phi) is 9.83. The monoisotopic (exact) mass is 515 g/mol. The second-order valence-electron chi connectivity index (χ2n) is 8.59. The van der Waals surface area contributed by atoms with Gasteiger partial charge in [-0.2, -0.15) is 0 Å². The van der Waals surface area contributed by atoms with Gasteiger partial charge in [0.1, 0.15) is 17.6 Å². The molecule has 1 aliphatic heterocycles. The number of aliphatic hydroxyl groups excluding tert-OH is 1. The first-order chi connectivity index (χ1) is 17.4. The molecule has 1 aliphatic carbocycles. The average molecular weight is 516 g/mol. The van der Waals surface area contributed by atoms with Crippen LogP contribution in [0.4, 0.5) is 0 Å². The maximum absolute atomic E-state index is 12.8. The first-order valence-electron chi connectivity index (χ1n) is 11.8. The summed E-state index contributed by atoms with van der Waals surface area (Å²) in [4.78, 5) is 40.3. The Morgan fingerprint density at radius 1 is 1.19 bits per heavy atom. The van der Waals surface area contributed by atoms with Crippen LogP contribution in [0.25, 0.3) is 0 Å².